The SMILES string of the molecule is CC(=O)NCC1CCN(Cc2cc(CN3CCC(C4CCN(CCC(N)=O)CC4)CC3)cc(-c3cc(Cl)cc(Cl)c3)c2)CC1. The lowest BCUT2D eigenvalue weighted by atomic mass is 9.78. The third kappa shape index (κ3) is 9.92. The molecule has 7 nitrogen and oxygen atoms in total. The van der Waals surface area contributed by atoms with Crippen LogP contribution in [0.1, 0.15) is 63.0 Å². The number of hydrogen-bond donors (Lipinski definition) is 2. The van der Waals surface area contributed by atoms with E-state index >= 15 is 0 Å². The van der Waals surface area contributed by atoms with Gasteiger partial charge in [-0.15, -0.1) is 0 Å². The molecule has 240 valence electrons. The Morgan fingerprint density at radius 3 is 1.70 bits per heavy atom. The fraction of sp³-hybridized carbons (Fsp3) is 0.600. The van der Waals surface area contributed by atoms with Crippen molar-refractivity contribution in [2.24, 2.45) is 23.5 Å². The number of carbonyl (C=O) groups is 2. The molecule has 9 heteroatoms. The maximum absolute atomic E-state index is 11.3. The lowest BCUT2D eigenvalue weighted by Gasteiger charge is -2.40. The van der Waals surface area contributed by atoms with Gasteiger partial charge in [-0.3, -0.25) is 19.4 Å². The van der Waals surface area contributed by atoms with Gasteiger partial charge in [0.2, 0.25) is 11.8 Å². The summed E-state index contributed by atoms with van der Waals surface area (Å²) < 4.78 is 0. The zero-order valence-corrected chi connectivity index (χ0v) is 27.7. The summed E-state index contributed by atoms with van der Waals surface area (Å²) >= 11 is 12.8. The molecule has 0 saturated carbocycles. The minimum atomic E-state index is -0.201. The number of benzene rings is 2. The summed E-state index contributed by atoms with van der Waals surface area (Å²) in [5.74, 6) is 2.01. The monoisotopic (exact) mass is 641 g/mol. The highest BCUT2D eigenvalue weighted by Gasteiger charge is 2.30. The van der Waals surface area contributed by atoms with Gasteiger partial charge in [-0.25, -0.2) is 0 Å². The molecule has 0 aliphatic carbocycles. The molecule has 2 aromatic rings. The molecule has 3 fully saturated rings. The van der Waals surface area contributed by atoms with Crippen molar-refractivity contribution in [1.29, 1.82) is 0 Å². The van der Waals surface area contributed by atoms with E-state index in [1.807, 2.05) is 12.1 Å². The topological polar surface area (TPSA) is 81.9 Å². The third-order valence-electron chi connectivity index (χ3n) is 10.0. The summed E-state index contributed by atoms with van der Waals surface area (Å²) in [6.07, 6.45) is 7.68. The van der Waals surface area contributed by atoms with Gasteiger partial charge in [0.1, 0.15) is 0 Å². The van der Waals surface area contributed by atoms with Crippen LogP contribution in [0.25, 0.3) is 11.1 Å². The number of amides is 2. The predicted molar refractivity (Wildman–Crippen MR) is 180 cm³/mol. The highest BCUT2D eigenvalue weighted by molar-refractivity contribution is 6.35. The second-order valence-electron chi connectivity index (χ2n) is 13.4. The Labute approximate surface area is 273 Å². The zero-order valence-electron chi connectivity index (χ0n) is 26.2. The van der Waals surface area contributed by atoms with Crippen LogP contribution >= 0.6 is 23.2 Å². The molecule has 3 aliphatic heterocycles. The minimum absolute atomic E-state index is 0.0566. The number of nitrogens with zero attached hydrogens (tertiary/aromatic N) is 3. The summed E-state index contributed by atoms with van der Waals surface area (Å²) in [7, 11) is 0. The molecule has 0 bridgehead atoms. The van der Waals surface area contributed by atoms with Crippen LogP contribution in [0.15, 0.2) is 36.4 Å². The van der Waals surface area contributed by atoms with Crippen LogP contribution in [0.3, 0.4) is 0 Å². The van der Waals surface area contributed by atoms with E-state index < -0.39 is 0 Å². The van der Waals surface area contributed by atoms with Crippen LogP contribution in [0.2, 0.25) is 10.0 Å². The van der Waals surface area contributed by atoms with Gasteiger partial charge in [-0.2, -0.15) is 0 Å². The van der Waals surface area contributed by atoms with Gasteiger partial charge in [0.05, 0.1) is 0 Å². The summed E-state index contributed by atoms with van der Waals surface area (Å²) in [6, 6.07) is 12.8. The number of primary amides is 1. The number of rotatable bonds is 11. The smallest absolute Gasteiger partial charge is 0.218 e. The zero-order chi connectivity index (χ0) is 31.1. The van der Waals surface area contributed by atoms with E-state index in [0.717, 1.165) is 95.7 Å². The number of nitrogens with two attached hydrogens (primary N) is 1. The predicted octanol–water partition coefficient (Wildman–Crippen LogP) is 5.81. The first-order chi connectivity index (χ1) is 21.2. The first kappa shape index (κ1) is 33.2. The lowest BCUT2D eigenvalue weighted by Crippen LogP contribution is -2.41. The lowest BCUT2D eigenvalue weighted by molar-refractivity contribution is -0.119. The number of carbonyl (C=O) groups excluding carboxylic acids is 2. The molecule has 44 heavy (non-hydrogen) atoms. The second kappa shape index (κ2) is 15.9. The van der Waals surface area contributed by atoms with E-state index in [1.165, 1.54) is 42.4 Å². The Morgan fingerprint density at radius 1 is 0.727 bits per heavy atom. The molecule has 2 aromatic carbocycles. The number of piperidine rings is 3. The quantitative estimate of drug-likeness (QED) is 0.324. The average molecular weight is 643 g/mol. The molecule has 2 amide bonds. The van der Waals surface area contributed by atoms with Gasteiger partial charge in [-0.1, -0.05) is 29.3 Å². The fourth-order valence-electron chi connectivity index (χ4n) is 7.48. The summed E-state index contributed by atoms with van der Waals surface area (Å²) in [4.78, 5) is 30.1. The Bertz CT molecular complexity index is 1250. The molecule has 5 rings (SSSR count). The molecule has 0 radical (unpaired) electrons. The maximum Gasteiger partial charge on any atom is 0.218 e. The van der Waals surface area contributed by atoms with Gasteiger partial charge in [-0.05, 0) is 148 Å². The molecule has 0 aromatic heterocycles. The van der Waals surface area contributed by atoms with Crippen molar-refractivity contribution in [1.82, 2.24) is 20.0 Å². The summed E-state index contributed by atoms with van der Waals surface area (Å²) in [6.45, 7) is 11.6. The second-order valence-corrected chi connectivity index (χ2v) is 14.2. The van der Waals surface area contributed by atoms with Crippen LogP contribution in [-0.4, -0.2) is 78.9 Å². The van der Waals surface area contributed by atoms with E-state index in [1.54, 1.807) is 13.0 Å². The van der Waals surface area contributed by atoms with Crippen LogP contribution in [0, 0.1) is 17.8 Å². The highest BCUT2D eigenvalue weighted by atomic mass is 35.5. The molecule has 3 saturated heterocycles. The van der Waals surface area contributed by atoms with Crippen molar-refractivity contribution in [3.8, 4) is 11.1 Å². The van der Waals surface area contributed by atoms with Crippen LogP contribution in [0.4, 0.5) is 0 Å². The number of hydrogen-bond acceptors (Lipinski definition) is 5. The van der Waals surface area contributed by atoms with Crippen molar-refractivity contribution >= 4 is 35.0 Å². The Morgan fingerprint density at radius 2 is 1.20 bits per heavy atom. The standard InChI is InChI=1S/C35H49Cl2N5O2/c1-25(43)39-22-26-2-9-41(10-3-26)23-27-16-28(18-31(17-27)32-19-33(36)21-34(37)20-32)24-42-13-6-30(7-14-42)29-4-11-40(12-5-29)15-8-35(38)44/h16-21,26,29-30H,2-15,22-24H2,1H3,(H2,38,44)(H,39,43). The van der Waals surface area contributed by atoms with Gasteiger partial charge in [0.25, 0.3) is 0 Å². The largest absolute Gasteiger partial charge is 0.370 e. The van der Waals surface area contributed by atoms with Crippen molar-refractivity contribution in [3.63, 3.8) is 0 Å². The van der Waals surface area contributed by atoms with E-state index in [0.29, 0.717) is 22.4 Å². The first-order valence-electron chi connectivity index (χ1n) is 16.5. The maximum atomic E-state index is 11.3. The average Bonchev–Trinajstić information content (AvgIpc) is 3.00. The van der Waals surface area contributed by atoms with Gasteiger partial charge >= 0.3 is 0 Å². The first-order valence-corrected chi connectivity index (χ1v) is 17.2. The third-order valence-corrected chi connectivity index (χ3v) is 10.4. The minimum Gasteiger partial charge on any atom is -0.370 e. The Hall–Kier alpha value is -2.16. The molecule has 3 aliphatic rings. The Balaban J connectivity index is 1.20. The summed E-state index contributed by atoms with van der Waals surface area (Å²) in [5.41, 5.74) is 10.2. The molecule has 0 atom stereocenters. The number of nitrogens with one attached hydrogen (secondary N) is 1. The molecule has 0 spiro atoms. The number of likely N-dealkylation sites (tertiary alicyclic amines) is 3. The van der Waals surface area contributed by atoms with Gasteiger partial charge in [0, 0.05) is 49.6 Å². The summed E-state index contributed by atoms with van der Waals surface area (Å²) in [5, 5.41) is 4.30. The molecule has 3 N–H and O–H groups in total. The van der Waals surface area contributed by atoms with E-state index in [9.17, 15) is 9.59 Å². The van der Waals surface area contributed by atoms with Gasteiger partial charge in [0.15, 0.2) is 0 Å². The van der Waals surface area contributed by atoms with Crippen molar-refractivity contribution in [3.05, 3.63) is 57.6 Å². The van der Waals surface area contributed by atoms with Gasteiger partial charge < -0.3 is 16.0 Å². The Kier molecular flexibility index (Phi) is 12.0. The van der Waals surface area contributed by atoms with Crippen molar-refractivity contribution < 1.29 is 9.59 Å². The normalized spacial score (nSPS) is 20.2. The fourth-order valence-corrected chi connectivity index (χ4v) is 8.01. The van der Waals surface area contributed by atoms with Crippen molar-refractivity contribution in [2.45, 2.75) is 65.0 Å². The highest BCUT2D eigenvalue weighted by Crippen LogP contribution is 2.34. The van der Waals surface area contributed by atoms with Crippen molar-refractivity contribution in [2.75, 3.05) is 52.4 Å². The molecule has 0 unspecified atom stereocenters. The van der Waals surface area contributed by atoms with E-state index in [-0.39, 0.29) is 11.8 Å². The molecule has 3 heterocycles. The molecular formula is C35H49Cl2N5O2. The number of halogens is 2. The van der Waals surface area contributed by atoms with Crippen LogP contribution < -0.4 is 11.1 Å². The van der Waals surface area contributed by atoms with E-state index in [2.05, 4.69) is 38.2 Å². The molecular weight excluding hydrogens is 593 g/mol. The van der Waals surface area contributed by atoms with Crippen LogP contribution in [-0.2, 0) is 22.7 Å². The van der Waals surface area contributed by atoms with Crippen LogP contribution in [0.5, 0.6) is 0 Å². The van der Waals surface area contributed by atoms with E-state index in [4.69, 9.17) is 28.9 Å².